The minimum absolute atomic E-state index is 0. The molecule has 0 aromatic rings. The third-order valence-electron chi connectivity index (χ3n) is 10.2. The largest absolute Gasteiger partial charge is 1.00 e. The molecule has 0 heterocycles. The molecule has 160 valence electrons. The summed E-state index contributed by atoms with van der Waals surface area (Å²) in [5, 5.41) is 32.4. The fraction of sp³-hybridized carbons (Fsp3) is 0.958. The minimum atomic E-state index is -0.934. The maximum atomic E-state index is 11.2. The van der Waals surface area contributed by atoms with Crippen LogP contribution in [0.25, 0.3) is 0 Å². The van der Waals surface area contributed by atoms with Gasteiger partial charge >= 0.3 is 18.9 Å². The third kappa shape index (κ3) is 3.86. The van der Waals surface area contributed by atoms with Crippen molar-refractivity contribution in [3.63, 3.8) is 0 Å². The zero-order valence-corrected chi connectivity index (χ0v) is 18.9. The molecule has 0 radical (unpaired) electrons. The SMILES string of the molecule is C[C@H](CCC(=O)[O-])[C@H]1CCC2C3C(CC[C@@]21C)[C@@]1(C)CC[C@@H](O)CC1C[C@H]3O.[Li+]. The van der Waals surface area contributed by atoms with Crippen LogP contribution in [-0.2, 0) is 4.79 Å². The molecule has 4 unspecified atom stereocenters. The molecular weight excluding hydrogens is 359 g/mol. The van der Waals surface area contributed by atoms with Crippen LogP contribution >= 0.6 is 0 Å². The van der Waals surface area contributed by atoms with Gasteiger partial charge in [0.15, 0.2) is 0 Å². The van der Waals surface area contributed by atoms with E-state index < -0.39 is 5.97 Å². The Morgan fingerprint density at radius 2 is 1.69 bits per heavy atom. The van der Waals surface area contributed by atoms with Gasteiger partial charge < -0.3 is 20.1 Å². The maximum Gasteiger partial charge on any atom is 1.00 e. The van der Waals surface area contributed by atoms with Crippen LogP contribution in [0.3, 0.4) is 0 Å². The number of carboxylic acids is 1. The number of aliphatic hydroxyl groups excluding tert-OH is 2. The number of hydrogen-bond donors (Lipinski definition) is 2. The summed E-state index contributed by atoms with van der Waals surface area (Å²) in [6, 6.07) is 0. The first kappa shape index (κ1) is 23.6. The zero-order valence-electron chi connectivity index (χ0n) is 18.9. The van der Waals surface area contributed by atoms with Crippen molar-refractivity contribution in [3.8, 4) is 0 Å². The molecule has 4 rings (SSSR count). The first-order valence-corrected chi connectivity index (χ1v) is 11.7. The van der Waals surface area contributed by atoms with E-state index in [1.165, 1.54) is 25.7 Å². The van der Waals surface area contributed by atoms with Crippen molar-refractivity contribution in [2.24, 2.45) is 46.3 Å². The van der Waals surface area contributed by atoms with Crippen molar-refractivity contribution in [1.29, 1.82) is 0 Å². The van der Waals surface area contributed by atoms with Gasteiger partial charge in [-0.2, -0.15) is 0 Å². The van der Waals surface area contributed by atoms with Gasteiger partial charge in [0.05, 0.1) is 12.2 Å². The molecular formula is C24H39LiO4. The van der Waals surface area contributed by atoms with Gasteiger partial charge in [-0.25, -0.2) is 0 Å². The summed E-state index contributed by atoms with van der Waals surface area (Å²) in [7, 11) is 0. The first-order chi connectivity index (χ1) is 13.2. The summed E-state index contributed by atoms with van der Waals surface area (Å²) in [5.74, 6) is 1.99. The van der Waals surface area contributed by atoms with Gasteiger partial charge in [-0.3, -0.25) is 0 Å². The maximum absolute atomic E-state index is 11.2. The number of carbonyl (C=O) groups is 1. The third-order valence-corrected chi connectivity index (χ3v) is 10.2. The van der Waals surface area contributed by atoms with Crippen molar-refractivity contribution in [2.75, 3.05) is 0 Å². The number of rotatable bonds is 4. The van der Waals surface area contributed by atoms with Crippen LogP contribution in [0, 0.1) is 46.3 Å². The second-order valence-corrected chi connectivity index (χ2v) is 11.3. The van der Waals surface area contributed by atoms with Gasteiger partial charge in [-0.1, -0.05) is 20.8 Å². The van der Waals surface area contributed by atoms with Crippen LogP contribution in [0.15, 0.2) is 0 Å². The number of hydrogen-bond acceptors (Lipinski definition) is 4. The fourth-order valence-electron chi connectivity index (χ4n) is 8.72. The van der Waals surface area contributed by atoms with Crippen LogP contribution in [-0.4, -0.2) is 28.4 Å². The first-order valence-electron chi connectivity index (χ1n) is 11.7. The number of aliphatic carboxylic acids is 1. The Morgan fingerprint density at radius 1 is 1.03 bits per heavy atom. The summed E-state index contributed by atoms with van der Waals surface area (Å²) in [5.41, 5.74) is 0.494. The van der Waals surface area contributed by atoms with E-state index >= 15 is 0 Å². The standard InChI is InChI=1S/C24H40O4.Li/c1-14(4-7-21(27)28)17-5-6-18-22-19(9-11-24(17,18)3)23(2)10-8-16(25)12-15(23)13-20(22)26;/h14-20,22,25-26H,4-13H2,1-3H3,(H,27,28);/q;+1/p-1/t14-,15?,16-,17-,18?,19?,20-,22?,23+,24-;/m1./s1. The van der Waals surface area contributed by atoms with E-state index in [0.717, 1.165) is 25.7 Å². The van der Waals surface area contributed by atoms with Crippen LogP contribution in [0.5, 0.6) is 0 Å². The number of aliphatic hydroxyl groups is 2. The smallest absolute Gasteiger partial charge is 0.550 e. The normalized spacial score (nSPS) is 49.9. The van der Waals surface area contributed by atoms with E-state index in [1.807, 2.05) is 0 Å². The van der Waals surface area contributed by atoms with Crippen molar-refractivity contribution in [2.45, 2.75) is 97.2 Å². The molecule has 0 amide bonds. The van der Waals surface area contributed by atoms with Crippen LogP contribution in [0.2, 0.25) is 0 Å². The molecule has 4 saturated carbocycles. The summed E-state index contributed by atoms with van der Waals surface area (Å²) >= 11 is 0. The molecule has 10 atom stereocenters. The van der Waals surface area contributed by atoms with Gasteiger partial charge in [0.2, 0.25) is 0 Å². The predicted molar refractivity (Wildman–Crippen MR) is 106 cm³/mol. The second-order valence-electron chi connectivity index (χ2n) is 11.3. The molecule has 0 aromatic carbocycles. The number of carbonyl (C=O) groups excluding carboxylic acids is 1. The van der Waals surface area contributed by atoms with E-state index in [4.69, 9.17) is 0 Å². The second kappa shape index (κ2) is 8.49. The predicted octanol–water partition coefficient (Wildman–Crippen LogP) is 0.147. The summed E-state index contributed by atoms with van der Waals surface area (Å²) in [4.78, 5) is 10.9. The Kier molecular flexibility index (Phi) is 6.93. The average molecular weight is 399 g/mol. The van der Waals surface area contributed by atoms with Crippen molar-refractivity contribution in [1.82, 2.24) is 0 Å². The Balaban J connectivity index is 0.00000240. The Bertz CT molecular complexity index is 612. The molecule has 0 aliphatic heterocycles. The van der Waals surface area contributed by atoms with Gasteiger partial charge in [0.25, 0.3) is 0 Å². The van der Waals surface area contributed by atoms with Gasteiger partial charge in [0, 0.05) is 5.97 Å². The van der Waals surface area contributed by atoms with Crippen LogP contribution in [0.1, 0.15) is 85.0 Å². The molecule has 2 N–H and O–H groups in total. The zero-order chi connectivity index (χ0) is 20.3. The van der Waals surface area contributed by atoms with Gasteiger partial charge in [0.1, 0.15) is 0 Å². The van der Waals surface area contributed by atoms with Crippen LogP contribution in [0.4, 0.5) is 0 Å². The molecule has 0 bridgehead atoms. The van der Waals surface area contributed by atoms with Gasteiger partial charge in [-0.05, 0) is 111 Å². The molecule has 29 heavy (non-hydrogen) atoms. The molecule has 0 saturated heterocycles. The van der Waals surface area contributed by atoms with Crippen molar-refractivity contribution in [3.05, 3.63) is 0 Å². The number of fused-ring (bicyclic) bond motifs is 5. The molecule has 0 spiro atoms. The molecule has 4 nitrogen and oxygen atoms in total. The number of carboxylic acid groups (broad SMARTS) is 1. The summed E-state index contributed by atoms with van der Waals surface area (Å²) in [6.07, 6.45) is 8.91. The Hall–Kier alpha value is -0.0126. The Morgan fingerprint density at radius 3 is 2.38 bits per heavy atom. The molecule has 5 heteroatoms. The Labute approximate surface area is 188 Å². The fourth-order valence-corrected chi connectivity index (χ4v) is 8.72. The monoisotopic (exact) mass is 398 g/mol. The summed E-state index contributed by atoms with van der Waals surface area (Å²) < 4.78 is 0. The van der Waals surface area contributed by atoms with Crippen molar-refractivity contribution < 1.29 is 39.0 Å². The van der Waals surface area contributed by atoms with Crippen molar-refractivity contribution >= 4 is 5.97 Å². The topological polar surface area (TPSA) is 80.6 Å². The van der Waals surface area contributed by atoms with E-state index in [-0.39, 0.29) is 48.3 Å². The van der Waals surface area contributed by atoms with E-state index in [0.29, 0.717) is 41.9 Å². The van der Waals surface area contributed by atoms with E-state index in [1.54, 1.807) is 0 Å². The summed E-state index contributed by atoms with van der Waals surface area (Å²) in [6.45, 7) is 7.11. The minimum Gasteiger partial charge on any atom is -0.550 e. The average Bonchev–Trinajstić information content (AvgIpc) is 2.98. The molecule has 4 fully saturated rings. The van der Waals surface area contributed by atoms with Crippen LogP contribution < -0.4 is 24.0 Å². The quantitative estimate of drug-likeness (QED) is 0.661. The van der Waals surface area contributed by atoms with Gasteiger partial charge in [-0.15, -0.1) is 0 Å². The van der Waals surface area contributed by atoms with E-state index in [2.05, 4.69) is 20.8 Å². The molecule has 4 aliphatic carbocycles. The van der Waals surface area contributed by atoms with E-state index in [9.17, 15) is 20.1 Å². The molecule has 0 aromatic heterocycles. The molecule has 4 aliphatic rings.